The zero-order valence-electron chi connectivity index (χ0n) is 16.3. The molecule has 28 heavy (non-hydrogen) atoms. The molecule has 0 aliphatic rings. The topological polar surface area (TPSA) is 78.7 Å². The Morgan fingerprint density at radius 3 is 2.50 bits per heavy atom. The Hall–Kier alpha value is -3.41. The van der Waals surface area contributed by atoms with Crippen LogP contribution in [0.1, 0.15) is 30.9 Å². The summed E-state index contributed by atoms with van der Waals surface area (Å²) in [5, 5.41) is 0. The maximum atomic E-state index is 12.8. The molecule has 0 saturated heterocycles. The number of benzene rings is 2. The van der Waals surface area contributed by atoms with Crippen LogP contribution in [-0.4, -0.2) is 19.1 Å². The zero-order chi connectivity index (χ0) is 19.8. The first-order valence-electron chi connectivity index (χ1n) is 9.31. The monoisotopic (exact) mass is 373 g/mol. The quantitative estimate of drug-likeness (QED) is 0.555. The molecule has 0 atom stereocenters. The average Bonchev–Trinajstić information content (AvgIpc) is 2.94. The minimum atomic E-state index is -0.115. The van der Waals surface area contributed by atoms with Crippen LogP contribution < -0.4 is 11.4 Å². The summed E-state index contributed by atoms with van der Waals surface area (Å²) in [5.41, 5.74) is 10.9. The van der Waals surface area contributed by atoms with E-state index >= 15 is 0 Å². The van der Waals surface area contributed by atoms with Gasteiger partial charge in [-0.3, -0.25) is 9.13 Å². The van der Waals surface area contributed by atoms with Crippen LogP contribution in [0.15, 0.2) is 59.5 Å². The summed E-state index contributed by atoms with van der Waals surface area (Å²) < 4.78 is 3.27. The second-order valence-electron chi connectivity index (χ2n) is 7.31. The summed E-state index contributed by atoms with van der Waals surface area (Å²) in [6.45, 7) is 4.73. The van der Waals surface area contributed by atoms with Crippen LogP contribution in [0, 0.1) is 0 Å². The molecule has 4 rings (SSSR count). The molecule has 2 aromatic heterocycles. The molecule has 0 radical (unpaired) electrons. The van der Waals surface area contributed by atoms with Crippen molar-refractivity contribution in [2.24, 2.45) is 7.05 Å². The summed E-state index contributed by atoms with van der Waals surface area (Å²) in [4.78, 5) is 22.2. The lowest BCUT2D eigenvalue weighted by atomic mass is 9.97. The molecule has 0 saturated carbocycles. The number of hydrogen-bond donors (Lipinski definition) is 1. The standard InChI is InChI=1S/C22H23N5O/c1-14(2)17-6-4-5-7-18(17)20-24-12-19-21(25-20)27(22(28)26(19)3)13-15-8-10-16(23)11-9-15/h4-12,14H,13,23H2,1-3H3. The van der Waals surface area contributed by atoms with E-state index in [-0.39, 0.29) is 5.69 Å². The summed E-state index contributed by atoms with van der Waals surface area (Å²) in [6.07, 6.45) is 1.73. The van der Waals surface area contributed by atoms with Crippen molar-refractivity contribution in [3.63, 3.8) is 0 Å². The Morgan fingerprint density at radius 2 is 1.79 bits per heavy atom. The van der Waals surface area contributed by atoms with E-state index in [1.54, 1.807) is 22.4 Å². The van der Waals surface area contributed by atoms with Crippen molar-refractivity contribution >= 4 is 16.9 Å². The fourth-order valence-electron chi connectivity index (χ4n) is 3.46. The van der Waals surface area contributed by atoms with Crippen LogP contribution in [0.4, 0.5) is 5.69 Å². The lowest BCUT2D eigenvalue weighted by molar-refractivity contribution is 0.731. The van der Waals surface area contributed by atoms with E-state index in [4.69, 9.17) is 10.7 Å². The smallest absolute Gasteiger partial charge is 0.330 e. The highest BCUT2D eigenvalue weighted by Crippen LogP contribution is 2.27. The number of imidazole rings is 1. The van der Waals surface area contributed by atoms with Crippen LogP contribution in [0.5, 0.6) is 0 Å². The normalized spacial score (nSPS) is 11.4. The van der Waals surface area contributed by atoms with Gasteiger partial charge in [0.1, 0.15) is 5.52 Å². The van der Waals surface area contributed by atoms with Gasteiger partial charge in [0.2, 0.25) is 0 Å². The van der Waals surface area contributed by atoms with E-state index in [9.17, 15) is 4.79 Å². The molecule has 2 N–H and O–H groups in total. The van der Waals surface area contributed by atoms with Crippen molar-refractivity contribution < 1.29 is 0 Å². The molecule has 6 heteroatoms. The Bertz CT molecular complexity index is 1200. The Kier molecular flexibility index (Phi) is 4.47. The van der Waals surface area contributed by atoms with Gasteiger partial charge < -0.3 is 5.73 Å². The fraction of sp³-hybridized carbons (Fsp3) is 0.227. The van der Waals surface area contributed by atoms with Crippen LogP contribution in [0.3, 0.4) is 0 Å². The summed E-state index contributed by atoms with van der Waals surface area (Å²) >= 11 is 0. The Morgan fingerprint density at radius 1 is 1.07 bits per heavy atom. The molecule has 6 nitrogen and oxygen atoms in total. The van der Waals surface area contributed by atoms with Crippen molar-refractivity contribution in [2.45, 2.75) is 26.3 Å². The first kappa shape index (κ1) is 18.0. The maximum Gasteiger partial charge on any atom is 0.330 e. The number of nitrogen functional groups attached to an aromatic ring is 1. The van der Waals surface area contributed by atoms with Crippen molar-refractivity contribution in [3.8, 4) is 11.4 Å². The lowest BCUT2D eigenvalue weighted by Gasteiger charge is -2.11. The molecular weight excluding hydrogens is 350 g/mol. The van der Waals surface area contributed by atoms with E-state index in [0.29, 0.717) is 35.1 Å². The fourth-order valence-corrected chi connectivity index (χ4v) is 3.46. The molecule has 0 unspecified atom stereocenters. The molecule has 4 aromatic rings. The van der Waals surface area contributed by atoms with Crippen molar-refractivity contribution in [1.29, 1.82) is 0 Å². The molecule has 2 heterocycles. The molecule has 0 fully saturated rings. The largest absolute Gasteiger partial charge is 0.399 e. The molecule has 0 bridgehead atoms. The highest BCUT2D eigenvalue weighted by molar-refractivity contribution is 5.74. The van der Waals surface area contributed by atoms with Gasteiger partial charge in [0.15, 0.2) is 11.5 Å². The zero-order valence-corrected chi connectivity index (χ0v) is 16.3. The number of nitrogens with two attached hydrogens (primary N) is 1. The minimum Gasteiger partial charge on any atom is -0.399 e. The number of anilines is 1. The van der Waals surface area contributed by atoms with Crippen molar-refractivity contribution in [2.75, 3.05) is 5.73 Å². The van der Waals surface area contributed by atoms with Gasteiger partial charge in [-0.2, -0.15) is 0 Å². The molecule has 0 amide bonds. The number of aromatic nitrogens is 4. The van der Waals surface area contributed by atoms with Gasteiger partial charge in [0.05, 0.1) is 12.7 Å². The first-order valence-corrected chi connectivity index (χ1v) is 9.31. The van der Waals surface area contributed by atoms with Crippen LogP contribution in [-0.2, 0) is 13.6 Å². The third kappa shape index (κ3) is 3.07. The van der Waals surface area contributed by atoms with Crippen molar-refractivity contribution in [1.82, 2.24) is 19.1 Å². The van der Waals surface area contributed by atoms with Gasteiger partial charge in [-0.1, -0.05) is 50.2 Å². The summed E-state index contributed by atoms with van der Waals surface area (Å²) in [5.74, 6) is 0.983. The van der Waals surface area contributed by atoms with E-state index in [0.717, 1.165) is 11.1 Å². The third-order valence-corrected chi connectivity index (χ3v) is 5.03. The van der Waals surface area contributed by atoms with E-state index in [1.165, 1.54) is 5.56 Å². The van der Waals surface area contributed by atoms with Gasteiger partial charge in [0.25, 0.3) is 0 Å². The molecule has 0 spiro atoms. The highest BCUT2D eigenvalue weighted by Gasteiger charge is 2.16. The van der Waals surface area contributed by atoms with E-state index in [2.05, 4.69) is 24.9 Å². The maximum absolute atomic E-state index is 12.8. The Balaban J connectivity index is 1.88. The Labute approximate surface area is 163 Å². The molecule has 142 valence electrons. The first-order chi connectivity index (χ1) is 13.5. The second-order valence-corrected chi connectivity index (χ2v) is 7.31. The summed E-state index contributed by atoms with van der Waals surface area (Å²) in [6, 6.07) is 15.7. The molecule has 0 aliphatic heterocycles. The second kappa shape index (κ2) is 6.96. The van der Waals surface area contributed by atoms with E-state index in [1.807, 2.05) is 42.5 Å². The molecular formula is C22H23N5O. The molecule has 0 aliphatic carbocycles. The van der Waals surface area contributed by atoms with Gasteiger partial charge in [-0.25, -0.2) is 14.8 Å². The molecule has 2 aromatic carbocycles. The highest BCUT2D eigenvalue weighted by atomic mass is 16.1. The lowest BCUT2D eigenvalue weighted by Crippen LogP contribution is -2.22. The van der Waals surface area contributed by atoms with E-state index < -0.39 is 0 Å². The van der Waals surface area contributed by atoms with Crippen LogP contribution in [0.2, 0.25) is 0 Å². The van der Waals surface area contributed by atoms with Gasteiger partial charge >= 0.3 is 5.69 Å². The van der Waals surface area contributed by atoms with Gasteiger partial charge in [-0.05, 0) is 29.2 Å². The van der Waals surface area contributed by atoms with Gasteiger partial charge in [-0.15, -0.1) is 0 Å². The number of rotatable bonds is 4. The predicted octanol–water partition coefficient (Wildman–Crippen LogP) is 3.55. The van der Waals surface area contributed by atoms with Crippen LogP contribution in [0.25, 0.3) is 22.6 Å². The summed E-state index contributed by atoms with van der Waals surface area (Å²) in [7, 11) is 1.75. The third-order valence-electron chi connectivity index (χ3n) is 5.03. The predicted molar refractivity (Wildman–Crippen MR) is 112 cm³/mol. The number of hydrogen-bond acceptors (Lipinski definition) is 4. The number of aryl methyl sites for hydroxylation is 1. The van der Waals surface area contributed by atoms with Crippen LogP contribution >= 0.6 is 0 Å². The van der Waals surface area contributed by atoms with Gasteiger partial charge in [0, 0.05) is 18.3 Å². The average molecular weight is 373 g/mol. The SMILES string of the molecule is CC(C)c1ccccc1-c1ncc2c(n1)n(Cc1ccc(N)cc1)c(=O)n2C. The number of nitrogens with zero attached hydrogens (tertiary/aromatic N) is 4. The minimum absolute atomic E-state index is 0.115. The van der Waals surface area contributed by atoms with Crippen molar-refractivity contribution in [3.05, 3.63) is 76.3 Å². The number of fused-ring (bicyclic) bond motifs is 1.